The summed E-state index contributed by atoms with van der Waals surface area (Å²) in [5.41, 5.74) is 6.03. The fraction of sp³-hybridized carbons (Fsp3) is 0.154. The van der Waals surface area contributed by atoms with E-state index in [1.807, 2.05) is 4.72 Å². The number of aryl methyl sites for hydroxylation is 1. The van der Waals surface area contributed by atoms with Crippen molar-refractivity contribution in [2.24, 2.45) is 5.73 Å². The van der Waals surface area contributed by atoms with Gasteiger partial charge in [-0.25, -0.2) is 31.1 Å². The topological polar surface area (TPSA) is 122 Å². The van der Waals surface area contributed by atoms with Crippen molar-refractivity contribution in [3.63, 3.8) is 0 Å². The molecule has 12 heteroatoms. The molecule has 8 nitrogen and oxygen atoms in total. The zero-order chi connectivity index (χ0) is 28.2. The van der Waals surface area contributed by atoms with Gasteiger partial charge in [0.15, 0.2) is 0 Å². The van der Waals surface area contributed by atoms with Crippen LogP contribution in [0.2, 0.25) is 0 Å². The van der Waals surface area contributed by atoms with E-state index in [0.717, 1.165) is 23.1 Å². The summed E-state index contributed by atoms with van der Waals surface area (Å²) in [4.78, 5) is 27.0. The van der Waals surface area contributed by atoms with E-state index in [9.17, 15) is 31.2 Å². The molecular formula is C26H25F3N4O4S. The maximum absolute atomic E-state index is 14.1. The molecule has 200 valence electrons. The summed E-state index contributed by atoms with van der Waals surface area (Å²) in [6, 6.07) is 9.41. The molecule has 1 atom stereocenters. The highest BCUT2D eigenvalue weighted by atomic mass is 32.2. The van der Waals surface area contributed by atoms with Crippen LogP contribution in [0, 0.1) is 24.4 Å². The molecule has 0 spiro atoms. The highest BCUT2D eigenvalue weighted by Crippen LogP contribution is 2.22. The van der Waals surface area contributed by atoms with Gasteiger partial charge in [-0.05, 0) is 54.4 Å². The maximum Gasteiger partial charge on any atom is 0.329 e. The van der Waals surface area contributed by atoms with Crippen LogP contribution in [0.5, 0.6) is 0 Å². The van der Waals surface area contributed by atoms with Crippen LogP contribution < -0.4 is 20.7 Å². The first-order valence-electron chi connectivity index (χ1n) is 11.1. The van der Waals surface area contributed by atoms with E-state index in [4.69, 9.17) is 5.73 Å². The summed E-state index contributed by atoms with van der Waals surface area (Å²) in [6.07, 6.45) is -0.396. The zero-order valence-corrected chi connectivity index (χ0v) is 21.3. The maximum atomic E-state index is 14.1. The number of amides is 3. The minimum Gasteiger partial charge on any atom is -0.399 e. The number of hydrogen-bond acceptors (Lipinski definition) is 5. The van der Waals surface area contributed by atoms with E-state index < -0.39 is 51.9 Å². The summed E-state index contributed by atoms with van der Waals surface area (Å²) in [6.45, 7) is 5.03. The summed E-state index contributed by atoms with van der Waals surface area (Å²) < 4.78 is 69.0. The van der Waals surface area contributed by atoms with Gasteiger partial charge in [0.1, 0.15) is 23.5 Å². The zero-order valence-electron chi connectivity index (χ0n) is 20.5. The second-order valence-electron chi connectivity index (χ2n) is 8.47. The van der Waals surface area contributed by atoms with Gasteiger partial charge in [0.2, 0.25) is 5.91 Å². The van der Waals surface area contributed by atoms with Crippen LogP contribution in [-0.2, 0) is 21.2 Å². The standard InChI is InChI=1S/C26H25F3N4O4S/c1-15-6-4-5-7-24(15)38(36,37)32-26(35)31-23(12-17-10-18(27)13-19(28)11-17)25(34)33(3)20-8-9-22(29)21(14-20)16(2)30/h4-11,13-14,23H,2,12,30H2,1,3H3,(H2,31,32,35)/t23-/m0/s1. The molecule has 3 amide bonds. The van der Waals surface area contributed by atoms with Crippen molar-refractivity contribution in [1.82, 2.24) is 10.0 Å². The van der Waals surface area contributed by atoms with E-state index in [1.54, 1.807) is 19.1 Å². The molecule has 0 unspecified atom stereocenters. The quantitative estimate of drug-likeness (QED) is 0.399. The second kappa shape index (κ2) is 11.4. The number of benzene rings is 3. The molecule has 0 aromatic heterocycles. The van der Waals surface area contributed by atoms with Crippen molar-refractivity contribution in [2.75, 3.05) is 11.9 Å². The minimum atomic E-state index is -4.31. The first-order chi connectivity index (χ1) is 17.8. The Bertz CT molecular complexity index is 1490. The number of likely N-dealkylation sites (N-methyl/N-ethyl adjacent to an activating group) is 1. The molecule has 0 fully saturated rings. The third kappa shape index (κ3) is 6.71. The van der Waals surface area contributed by atoms with Crippen molar-refractivity contribution in [3.8, 4) is 0 Å². The molecule has 3 aromatic carbocycles. The number of hydrogen-bond donors (Lipinski definition) is 3. The van der Waals surface area contributed by atoms with E-state index in [2.05, 4.69) is 11.9 Å². The Kier molecular flexibility index (Phi) is 8.46. The van der Waals surface area contributed by atoms with Crippen LogP contribution in [0.15, 0.2) is 72.1 Å². The van der Waals surface area contributed by atoms with Gasteiger partial charge in [0.25, 0.3) is 10.0 Å². The summed E-state index contributed by atoms with van der Waals surface area (Å²) >= 11 is 0. The molecular weight excluding hydrogens is 521 g/mol. The van der Waals surface area contributed by atoms with Crippen LogP contribution in [-0.4, -0.2) is 33.4 Å². The Hall–Kier alpha value is -4.32. The van der Waals surface area contributed by atoms with Gasteiger partial charge in [-0.3, -0.25) is 4.79 Å². The SMILES string of the molecule is C=C(N)c1cc(N(C)C(=O)[C@H](Cc2cc(F)cc(F)c2)NC(=O)NS(=O)(=O)c2ccccc2C)ccc1F. The van der Waals surface area contributed by atoms with Crippen molar-refractivity contribution < 1.29 is 31.2 Å². The monoisotopic (exact) mass is 546 g/mol. The molecule has 4 N–H and O–H groups in total. The van der Waals surface area contributed by atoms with Gasteiger partial charge in [-0.1, -0.05) is 24.8 Å². The number of rotatable bonds is 8. The van der Waals surface area contributed by atoms with Crippen LogP contribution in [0.3, 0.4) is 0 Å². The first-order valence-corrected chi connectivity index (χ1v) is 12.6. The highest BCUT2D eigenvalue weighted by molar-refractivity contribution is 7.90. The lowest BCUT2D eigenvalue weighted by atomic mass is 10.0. The lowest BCUT2D eigenvalue weighted by Gasteiger charge is -2.25. The molecule has 38 heavy (non-hydrogen) atoms. The Morgan fingerprint density at radius 2 is 1.66 bits per heavy atom. The van der Waals surface area contributed by atoms with Gasteiger partial charge in [-0.15, -0.1) is 0 Å². The number of urea groups is 1. The van der Waals surface area contributed by atoms with E-state index in [1.165, 1.54) is 31.3 Å². The number of carbonyl (C=O) groups excluding carboxylic acids is 2. The number of nitrogens with zero attached hydrogens (tertiary/aromatic N) is 1. The molecule has 0 heterocycles. The number of carbonyl (C=O) groups is 2. The van der Waals surface area contributed by atoms with Crippen LogP contribution in [0.1, 0.15) is 16.7 Å². The van der Waals surface area contributed by atoms with Gasteiger partial charge in [-0.2, -0.15) is 0 Å². The smallest absolute Gasteiger partial charge is 0.329 e. The van der Waals surface area contributed by atoms with Gasteiger partial charge in [0.05, 0.1) is 4.90 Å². The van der Waals surface area contributed by atoms with Crippen LogP contribution in [0.4, 0.5) is 23.7 Å². The van der Waals surface area contributed by atoms with Gasteiger partial charge in [0, 0.05) is 36.5 Å². The third-order valence-corrected chi connectivity index (χ3v) is 7.08. The van der Waals surface area contributed by atoms with E-state index in [-0.39, 0.29) is 27.4 Å². The molecule has 0 aliphatic carbocycles. The molecule has 0 bridgehead atoms. The number of nitrogens with one attached hydrogen (secondary N) is 2. The van der Waals surface area contributed by atoms with Crippen LogP contribution >= 0.6 is 0 Å². The summed E-state index contributed by atoms with van der Waals surface area (Å²) in [7, 11) is -2.99. The molecule has 0 saturated carbocycles. The summed E-state index contributed by atoms with van der Waals surface area (Å²) in [5, 5.41) is 2.27. The normalized spacial score (nSPS) is 11.9. The lowest BCUT2D eigenvalue weighted by Crippen LogP contribution is -2.52. The van der Waals surface area contributed by atoms with Crippen molar-refractivity contribution in [2.45, 2.75) is 24.3 Å². The van der Waals surface area contributed by atoms with Crippen molar-refractivity contribution in [1.29, 1.82) is 0 Å². The predicted molar refractivity (Wildman–Crippen MR) is 137 cm³/mol. The van der Waals surface area contributed by atoms with Crippen LogP contribution in [0.25, 0.3) is 5.70 Å². The Morgan fingerprint density at radius 1 is 1.03 bits per heavy atom. The Morgan fingerprint density at radius 3 is 2.26 bits per heavy atom. The number of sulfonamides is 1. The molecule has 0 radical (unpaired) electrons. The Balaban J connectivity index is 1.92. The average Bonchev–Trinajstić information content (AvgIpc) is 2.82. The van der Waals surface area contributed by atoms with Crippen molar-refractivity contribution >= 4 is 33.3 Å². The lowest BCUT2D eigenvalue weighted by molar-refractivity contribution is -0.120. The number of halogens is 3. The molecule has 0 aliphatic rings. The van der Waals surface area contributed by atoms with E-state index in [0.29, 0.717) is 11.6 Å². The predicted octanol–water partition coefficient (Wildman–Crippen LogP) is 3.60. The second-order valence-corrected chi connectivity index (χ2v) is 10.1. The van der Waals surface area contributed by atoms with Gasteiger partial charge < -0.3 is 16.0 Å². The first kappa shape index (κ1) is 28.3. The molecule has 3 aromatic rings. The van der Waals surface area contributed by atoms with Gasteiger partial charge >= 0.3 is 6.03 Å². The largest absolute Gasteiger partial charge is 0.399 e. The fourth-order valence-corrected chi connectivity index (χ4v) is 4.88. The summed E-state index contributed by atoms with van der Waals surface area (Å²) in [5.74, 6) is -3.28. The van der Waals surface area contributed by atoms with E-state index >= 15 is 0 Å². The number of anilines is 1. The molecule has 0 saturated heterocycles. The molecule has 0 aliphatic heterocycles. The Labute approximate surface area is 218 Å². The van der Waals surface area contributed by atoms with Crippen molar-refractivity contribution in [3.05, 3.63) is 101 Å². The fourth-order valence-electron chi connectivity index (χ4n) is 3.72. The molecule has 3 rings (SSSR count). The average molecular weight is 547 g/mol. The minimum absolute atomic E-state index is 0.0199. The highest BCUT2D eigenvalue weighted by Gasteiger charge is 2.28. The number of nitrogens with two attached hydrogens (primary N) is 1. The third-order valence-electron chi connectivity index (χ3n) is 5.59.